The lowest BCUT2D eigenvalue weighted by Crippen LogP contribution is -2.12. The summed E-state index contributed by atoms with van der Waals surface area (Å²) in [5.74, 6) is 0.325. The minimum atomic E-state index is -0.786. The molecule has 10 heteroatoms. The lowest BCUT2D eigenvalue weighted by molar-refractivity contribution is 0.0886. The number of halogens is 1. The number of pyridine rings is 1. The second-order valence-electron chi connectivity index (χ2n) is 8.16. The highest BCUT2D eigenvalue weighted by molar-refractivity contribution is 7.98. The largest absolute Gasteiger partial charge is 0.444 e. The van der Waals surface area contributed by atoms with Gasteiger partial charge >= 0.3 is 0 Å². The lowest BCUT2D eigenvalue weighted by Gasteiger charge is -2.13. The van der Waals surface area contributed by atoms with Gasteiger partial charge in [0.25, 0.3) is 0 Å². The van der Waals surface area contributed by atoms with Gasteiger partial charge in [-0.2, -0.15) is 10.5 Å². The summed E-state index contributed by atoms with van der Waals surface area (Å²) >= 11 is 1.24. The van der Waals surface area contributed by atoms with Gasteiger partial charge in [0.2, 0.25) is 5.89 Å². The number of hydrogen-bond acceptors (Lipinski definition) is 9. The first-order chi connectivity index (χ1) is 17.9. The first kappa shape index (κ1) is 25.9. The number of rotatable bonds is 9. The third kappa shape index (κ3) is 5.96. The van der Waals surface area contributed by atoms with E-state index in [1.807, 2.05) is 12.1 Å². The van der Waals surface area contributed by atoms with Crippen LogP contribution in [0.25, 0.3) is 22.6 Å². The molecule has 186 valence electrons. The average Bonchev–Trinajstić information content (AvgIpc) is 3.39. The highest BCUT2D eigenvalue weighted by atomic mass is 32.2. The molecule has 2 heterocycles. The van der Waals surface area contributed by atoms with Crippen molar-refractivity contribution in [2.24, 2.45) is 0 Å². The molecule has 4 N–H and O–H groups in total. The maximum Gasteiger partial charge on any atom is 0.226 e. The highest BCUT2D eigenvalue weighted by Crippen LogP contribution is 2.37. The third-order valence-corrected chi connectivity index (χ3v) is 6.64. The van der Waals surface area contributed by atoms with Crippen molar-refractivity contribution in [2.45, 2.75) is 29.7 Å². The van der Waals surface area contributed by atoms with Crippen molar-refractivity contribution in [1.82, 2.24) is 9.97 Å². The van der Waals surface area contributed by atoms with Gasteiger partial charge in [0.1, 0.15) is 40.6 Å². The van der Waals surface area contributed by atoms with Gasteiger partial charge in [-0.1, -0.05) is 36.0 Å². The number of aromatic nitrogens is 2. The Morgan fingerprint density at radius 3 is 2.32 bits per heavy atom. The molecule has 0 fully saturated rings. The summed E-state index contributed by atoms with van der Waals surface area (Å²) in [6.07, 6.45) is 1.68. The van der Waals surface area contributed by atoms with Gasteiger partial charge in [0.05, 0.1) is 24.0 Å². The van der Waals surface area contributed by atoms with E-state index in [9.17, 15) is 20.0 Å². The van der Waals surface area contributed by atoms with Crippen LogP contribution in [-0.4, -0.2) is 32.9 Å². The van der Waals surface area contributed by atoms with E-state index in [4.69, 9.17) is 15.3 Å². The smallest absolute Gasteiger partial charge is 0.226 e. The quantitative estimate of drug-likeness (QED) is 0.274. The molecule has 1 atom stereocenters. The van der Waals surface area contributed by atoms with Gasteiger partial charge < -0.3 is 20.4 Å². The van der Waals surface area contributed by atoms with Crippen LogP contribution in [0, 0.1) is 28.5 Å². The Bertz CT molecular complexity index is 1470. The number of hydrogen-bond donors (Lipinski definition) is 3. The molecule has 0 saturated heterocycles. The molecule has 8 nitrogen and oxygen atoms in total. The number of anilines is 1. The van der Waals surface area contributed by atoms with E-state index in [1.54, 1.807) is 24.3 Å². The Morgan fingerprint density at radius 1 is 1.00 bits per heavy atom. The maximum atomic E-state index is 13.2. The Balaban J connectivity index is 1.60. The SMILES string of the molecule is N#Cc1c(N)nc(SCc2coc(-c3ccc(F)cc3)n2)c(C#N)c1-c1ccc(CC[C@@H](O)CO)cc1. The minimum absolute atomic E-state index is 0.0151. The number of aliphatic hydroxyl groups excluding tert-OH is 2. The summed E-state index contributed by atoms with van der Waals surface area (Å²) in [5.41, 5.74) is 9.64. The topological polar surface area (TPSA) is 153 Å². The van der Waals surface area contributed by atoms with Crippen molar-refractivity contribution in [3.8, 4) is 34.7 Å². The summed E-state index contributed by atoms with van der Waals surface area (Å²) in [6.45, 7) is -0.298. The van der Waals surface area contributed by atoms with Crippen LogP contribution in [0.2, 0.25) is 0 Å². The Hall–Kier alpha value is -4.22. The average molecular weight is 516 g/mol. The fourth-order valence-corrected chi connectivity index (χ4v) is 4.57. The molecule has 37 heavy (non-hydrogen) atoms. The molecule has 0 saturated carbocycles. The van der Waals surface area contributed by atoms with Crippen molar-refractivity contribution in [3.05, 3.63) is 83.0 Å². The molecule has 0 aliphatic carbocycles. The second kappa shape index (κ2) is 11.7. The van der Waals surface area contributed by atoms with E-state index in [0.717, 1.165) is 5.56 Å². The predicted molar refractivity (Wildman–Crippen MR) is 136 cm³/mol. The number of benzene rings is 2. The maximum absolute atomic E-state index is 13.2. The van der Waals surface area contributed by atoms with Gasteiger partial charge in [-0.3, -0.25) is 0 Å². The summed E-state index contributed by atoms with van der Waals surface area (Å²) in [6, 6.07) is 17.3. The zero-order valence-electron chi connectivity index (χ0n) is 19.6. The van der Waals surface area contributed by atoms with Crippen molar-refractivity contribution < 1.29 is 19.0 Å². The molecular weight excluding hydrogens is 493 g/mol. The zero-order valence-corrected chi connectivity index (χ0v) is 20.4. The molecule has 0 spiro atoms. The fourth-order valence-electron chi connectivity index (χ4n) is 3.69. The van der Waals surface area contributed by atoms with Crippen molar-refractivity contribution in [1.29, 1.82) is 10.5 Å². The van der Waals surface area contributed by atoms with Gasteiger partial charge in [0.15, 0.2) is 0 Å². The van der Waals surface area contributed by atoms with Gasteiger partial charge in [-0.15, -0.1) is 0 Å². The van der Waals surface area contributed by atoms with Gasteiger partial charge in [-0.25, -0.2) is 14.4 Å². The number of nitrogens with two attached hydrogens (primary N) is 1. The molecule has 0 amide bonds. The Labute approximate surface area is 216 Å². The van der Waals surface area contributed by atoms with E-state index < -0.39 is 6.10 Å². The molecule has 0 aliphatic heterocycles. The Kier molecular flexibility index (Phi) is 8.16. The standard InChI is InChI=1S/C27H22FN5O3S/c28-19-8-6-18(7-9-19)26-32-20(14-36-26)15-37-27-23(12-30)24(22(11-29)25(31)33-27)17-4-1-16(2-5-17)3-10-21(35)13-34/h1-2,4-9,14,21,34-35H,3,10,13,15H2,(H2,31,33)/t21-/m1/s1. The van der Waals surface area contributed by atoms with Crippen LogP contribution < -0.4 is 5.73 Å². The van der Waals surface area contributed by atoms with Gasteiger partial charge in [0, 0.05) is 16.9 Å². The van der Waals surface area contributed by atoms with Crippen LogP contribution in [0.15, 0.2) is 64.2 Å². The Morgan fingerprint density at radius 2 is 1.68 bits per heavy atom. The number of nitrogens with zero attached hydrogens (tertiary/aromatic N) is 4. The highest BCUT2D eigenvalue weighted by Gasteiger charge is 2.21. The summed E-state index contributed by atoms with van der Waals surface area (Å²) in [4.78, 5) is 8.74. The molecule has 2 aromatic heterocycles. The molecule has 0 aliphatic rings. The van der Waals surface area contributed by atoms with Crippen molar-refractivity contribution in [3.63, 3.8) is 0 Å². The third-order valence-electron chi connectivity index (χ3n) is 5.63. The number of aryl methyl sites for hydroxylation is 1. The summed E-state index contributed by atoms with van der Waals surface area (Å²) in [5, 5.41) is 38.7. The second-order valence-corrected chi connectivity index (χ2v) is 9.13. The normalized spacial score (nSPS) is 11.6. The molecule has 0 radical (unpaired) electrons. The number of oxazole rings is 1. The molecule has 2 aromatic carbocycles. The number of nitriles is 2. The van der Waals surface area contributed by atoms with Crippen LogP contribution in [0.5, 0.6) is 0 Å². The fraction of sp³-hybridized carbons (Fsp3) is 0.185. The molecule has 4 aromatic rings. The van der Waals surface area contributed by atoms with E-state index >= 15 is 0 Å². The van der Waals surface area contributed by atoms with E-state index in [2.05, 4.69) is 22.1 Å². The number of thioether (sulfide) groups is 1. The molecule has 0 bridgehead atoms. The van der Waals surface area contributed by atoms with Crippen LogP contribution in [0.1, 0.15) is 28.8 Å². The van der Waals surface area contributed by atoms with Gasteiger partial charge in [-0.05, 0) is 48.2 Å². The number of aliphatic hydroxyl groups is 2. The van der Waals surface area contributed by atoms with Crippen LogP contribution in [0.3, 0.4) is 0 Å². The molecule has 0 unspecified atom stereocenters. The van der Waals surface area contributed by atoms with E-state index in [0.29, 0.717) is 51.9 Å². The van der Waals surface area contributed by atoms with Crippen molar-refractivity contribution in [2.75, 3.05) is 12.3 Å². The molecule has 4 rings (SSSR count). The van der Waals surface area contributed by atoms with E-state index in [-0.39, 0.29) is 29.4 Å². The number of nitrogen functional groups attached to an aromatic ring is 1. The predicted octanol–water partition coefficient (Wildman–Crippen LogP) is 4.45. The first-order valence-electron chi connectivity index (χ1n) is 11.3. The molecular formula is C27H22FN5O3S. The van der Waals surface area contributed by atoms with E-state index in [1.165, 1.54) is 30.2 Å². The summed E-state index contributed by atoms with van der Waals surface area (Å²) in [7, 11) is 0. The monoisotopic (exact) mass is 515 g/mol. The lowest BCUT2D eigenvalue weighted by atomic mass is 9.95. The summed E-state index contributed by atoms with van der Waals surface area (Å²) < 4.78 is 18.7. The van der Waals surface area contributed by atoms with Crippen molar-refractivity contribution >= 4 is 17.6 Å². The first-order valence-corrected chi connectivity index (χ1v) is 12.3. The van der Waals surface area contributed by atoms with Crippen LogP contribution >= 0.6 is 11.8 Å². The zero-order chi connectivity index (χ0) is 26.4. The van der Waals surface area contributed by atoms with Crippen LogP contribution in [0.4, 0.5) is 10.2 Å². The minimum Gasteiger partial charge on any atom is -0.444 e. The van der Waals surface area contributed by atoms with Crippen LogP contribution in [-0.2, 0) is 12.2 Å².